The van der Waals surface area contributed by atoms with Crippen molar-refractivity contribution >= 4 is 17.3 Å². The highest BCUT2D eigenvalue weighted by atomic mass is 15.1. The fourth-order valence-corrected chi connectivity index (χ4v) is 2.34. The predicted octanol–water partition coefficient (Wildman–Crippen LogP) is 4.14. The van der Waals surface area contributed by atoms with E-state index in [1.807, 2.05) is 14.0 Å². The molecule has 0 aliphatic rings. The van der Waals surface area contributed by atoms with Crippen LogP contribution in [0.1, 0.15) is 35.9 Å². The van der Waals surface area contributed by atoms with Crippen LogP contribution in [0.25, 0.3) is 0 Å². The number of nitrogens with zero attached hydrogens (tertiary/aromatic N) is 2. The van der Waals surface area contributed by atoms with Crippen molar-refractivity contribution in [3.63, 3.8) is 0 Å². The fraction of sp³-hybridized carbons (Fsp3) is 0.412. The third kappa shape index (κ3) is 3.51. The summed E-state index contributed by atoms with van der Waals surface area (Å²) >= 11 is 0. The van der Waals surface area contributed by atoms with Gasteiger partial charge in [-0.05, 0) is 38.8 Å². The van der Waals surface area contributed by atoms with Crippen molar-refractivity contribution in [2.75, 3.05) is 17.7 Å². The van der Waals surface area contributed by atoms with Crippen LogP contribution in [0, 0.1) is 20.8 Å². The average molecular weight is 284 g/mol. The third-order valence-electron chi connectivity index (χ3n) is 3.54. The zero-order valence-electron chi connectivity index (χ0n) is 13.5. The first-order valence-corrected chi connectivity index (χ1v) is 7.44. The maximum atomic E-state index is 4.67. The Hall–Kier alpha value is -2.10. The lowest BCUT2D eigenvalue weighted by atomic mass is 10.1. The van der Waals surface area contributed by atoms with Crippen LogP contribution in [-0.2, 0) is 6.42 Å². The first-order valence-electron chi connectivity index (χ1n) is 7.44. The summed E-state index contributed by atoms with van der Waals surface area (Å²) in [4.78, 5) is 9.22. The Labute approximate surface area is 127 Å². The SMILES string of the molecule is CCCc1nc(NC)c(C)c(Nc2ccc(C)cc2C)n1. The minimum atomic E-state index is 0.875. The van der Waals surface area contributed by atoms with Crippen molar-refractivity contribution in [2.45, 2.75) is 40.5 Å². The molecule has 0 atom stereocenters. The molecule has 0 unspecified atom stereocenters. The lowest BCUT2D eigenvalue weighted by molar-refractivity contribution is 0.835. The van der Waals surface area contributed by atoms with E-state index in [9.17, 15) is 0 Å². The number of hydrogen-bond donors (Lipinski definition) is 2. The van der Waals surface area contributed by atoms with Crippen LogP contribution in [0.15, 0.2) is 18.2 Å². The monoisotopic (exact) mass is 284 g/mol. The van der Waals surface area contributed by atoms with Gasteiger partial charge >= 0.3 is 0 Å². The van der Waals surface area contributed by atoms with Gasteiger partial charge in [0, 0.05) is 24.7 Å². The highest BCUT2D eigenvalue weighted by Crippen LogP contribution is 2.26. The number of aromatic nitrogens is 2. The average Bonchev–Trinajstić information content (AvgIpc) is 2.45. The summed E-state index contributed by atoms with van der Waals surface area (Å²) in [5.41, 5.74) is 4.61. The van der Waals surface area contributed by atoms with Gasteiger partial charge in [-0.15, -0.1) is 0 Å². The molecule has 0 aliphatic carbocycles. The highest BCUT2D eigenvalue weighted by molar-refractivity contribution is 5.67. The van der Waals surface area contributed by atoms with Gasteiger partial charge in [0.15, 0.2) is 0 Å². The van der Waals surface area contributed by atoms with Crippen LogP contribution in [0.2, 0.25) is 0 Å². The zero-order valence-corrected chi connectivity index (χ0v) is 13.5. The molecule has 1 aromatic carbocycles. The molecule has 21 heavy (non-hydrogen) atoms. The summed E-state index contributed by atoms with van der Waals surface area (Å²) in [6.45, 7) is 8.38. The minimum Gasteiger partial charge on any atom is -0.373 e. The summed E-state index contributed by atoms with van der Waals surface area (Å²) in [7, 11) is 1.89. The van der Waals surface area contributed by atoms with Gasteiger partial charge in [0.05, 0.1) is 0 Å². The number of aryl methyl sites for hydroxylation is 3. The van der Waals surface area contributed by atoms with Gasteiger partial charge in [0.2, 0.25) is 0 Å². The van der Waals surface area contributed by atoms with Crippen molar-refractivity contribution in [1.82, 2.24) is 9.97 Å². The van der Waals surface area contributed by atoms with E-state index in [1.165, 1.54) is 11.1 Å². The molecule has 0 radical (unpaired) electrons. The van der Waals surface area contributed by atoms with Gasteiger partial charge in [-0.1, -0.05) is 24.6 Å². The van der Waals surface area contributed by atoms with E-state index in [0.717, 1.165) is 41.6 Å². The quantitative estimate of drug-likeness (QED) is 0.866. The molecule has 2 N–H and O–H groups in total. The molecule has 0 spiro atoms. The second-order valence-corrected chi connectivity index (χ2v) is 5.41. The van der Waals surface area contributed by atoms with Crippen molar-refractivity contribution in [2.24, 2.45) is 0 Å². The molecular weight excluding hydrogens is 260 g/mol. The van der Waals surface area contributed by atoms with Crippen molar-refractivity contribution < 1.29 is 0 Å². The maximum absolute atomic E-state index is 4.67. The normalized spacial score (nSPS) is 10.5. The van der Waals surface area contributed by atoms with Gasteiger partial charge < -0.3 is 10.6 Å². The molecule has 2 aromatic rings. The summed E-state index contributed by atoms with van der Waals surface area (Å²) in [6.07, 6.45) is 1.92. The van der Waals surface area contributed by atoms with Gasteiger partial charge in [-0.25, -0.2) is 9.97 Å². The smallest absolute Gasteiger partial charge is 0.139 e. The highest BCUT2D eigenvalue weighted by Gasteiger charge is 2.11. The van der Waals surface area contributed by atoms with Crippen LogP contribution in [0.5, 0.6) is 0 Å². The van der Waals surface area contributed by atoms with E-state index in [1.54, 1.807) is 0 Å². The Morgan fingerprint density at radius 1 is 1.05 bits per heavy atom. The van der Waals surface area contributed by atoms with E-state index < -0.39 is 0 Å². The van der Waals surface area contributed by atoms with Gasteiger partial charge in [-0.2, -0.15) is 0 Å². The number of benzene rings is 1. The fourth-order valence-electron chi connectivity index (χ4n) is 2.34. The Bertz CT molecular complexity index is 635. The molecule has 0 fully saturated rings. The van der Waals surface area contributed by atoms with Crippen LogP contribution in [-0.4, -0.2) is 17.0 Å². The van der Waals surface area contributed by atoms with Crippen LogP contribution < -0.4 is 10.6 Å². The van der Waals surface area contributed by atoms with Gasteiger partial charge in [0.25, 0.3) is 0 Å². The predicted molar refractivity (Wildman–Crippen MR) is 89.5 cm³/mol. The molecule has 0 saturated carbocycles. The van der Waals surface area contributed by atoms with E-state index in [4.69, 9.17) is 0 Å². The second kappa shape index (κ2) is 6.57. The summed E-state index contributed by atoms with van der Waals surface area (Å²) in [6, 6.07) is 6.38. The standard InChI is InChI=1S/C17H24N4/c1-6-7-15-20-16(18-5)13(4)17(21-15)19-14-9-8-11(2)10-12(14)3/h8-10H,6-7H2,1-5H3,(H2,18,19,20,21). The maximum Gasteiger partial charge on any atom is 0.139 e. The number of hydrogen-bond acceptors (Lipinski definition) is 4. The molecule has 4 heteroatoms. The third-order valence-corrected chi connectivity index (χ3v) is 3.54. The molecule has 1 heterocycles. The number of rotatable bonds is 5. The van der Waals surface area contributed by atoms with Crippen molar-refractivity contribution in [1.29, 1.82) is 0 Å². The van der Waals surface area contributed by atoms with Gasteiger partial charge in [-0.3, -0.25) is 0 Å². The molecule has 4 nitrogen and oxygen atoms in total. The van der Waals surface area contributed by atoms with Gasteiger partial charge in [0.1, 0.15) is 17.5 Å². The second-order valence-electron chi connectivity index (χ2n) is 5.41. The van der Waals surface area contributed by atoms with E-state index in [2.05, 4.69) is 59.6 Å². The van der Waals surface area contributed by atoms with Crippen molar-refractivity contribution in [3.05, 3.63) is 40.7 Å². The Kier molecular flexibility index (Phi) is 4.78. The summed E-state index contributed by atoms with van der Waals surface area (Å²) in [5.74, 6) is 2.64. The molecule has 1 aromatic heterocycles. The Morgan fingerprint density at radius 3 is 2.38 bits per heavy atom. The Morgan fingerprint density at radius 2 is 1.76 bits per heavy atom. The molecule has 0 amide bonds. The van der Waals surface area contributed by atoms with E-state index in [0.29, 0.717) is 0 Å². The lowest BCUT2D eigenvalue weighted by Gasteiger charge is -2.15. The number of nitrogens with one attached hydrogen (secondary N) is 2. The summed E-state index contributed by atoms with van der Waals surface area (Å²) in [5, 5.41) is 6.60. The topological polar surface area (TPSA) is 49.8 Å². The largest absolute Gasteiger partial charge is 0.373 e. The van der Waals surface area contributed by atoms with E-state index in [-0.39, 0.29) is 0 Å². The molecule has 0 aliphatic heterocycles. The zero-order chi connectivity index (χ0) is 15.4. The molecule has 0 bridgehead atoms. The minimum absolute atomic E-state index is 0.875. The molecule has 0 saturated heterocycles. The molecular formula is C17H24N4. The van der Waals surface area contributed by atoms with Crippen LogP contribution in [0.4, 0.5) is 17.3 Å². The van der Waals surface area contributed by atoms with Crippen LogP contribution >= 0.6 is 0 Å². The lowest BCUT2D eigenvalue weighted by Crippen LogP contribution is -2.07. The van der Waals surface area contributed by atoms with E-state index >= 15 is 0 Å². The first-order chi connectivity index (χ1) is 10.0. The number of anilines is 3. The Balaban J connectivity index is 2.40. The summed E-state index contributed by atoms with van der Waals surface area (Å²) < 4.78 is 0. The first kappa shape index (κ1) is 15.3. The molecule has 2 rings (SSSR count). The molecule has 112 valence electrons. The van der Waals surface area contributed by atoms with Crippen LogP contribution in [0.3, 0.4) is 0 Å². The van der Waals surface area contributed by atoms with Crippen molar-refractivity contribution in [3.8, 4) is 0 Å².